The monoisotopic (exact) mass is 323 g/mol. The quantitative estimate of drug-likeness (QED) is 0.702. The third kappa shape index (κ3) is 2.72. The smallest absolute Gasteiger partial charge is 0.276 e. The molecule has 1 fully saturated rings. The van der Waals surface area contributed by atoms with Crippen LogP contribution in [0.5, 0.6) is 0 Å². The maximum absolute atomic E-state index is 12.5. The van der Waals surface area contributed by atoms with Crippen LogP contribution in [0.25, 0.3) is 0 Å². The number of hydrogen-bond donors (Lipinski definition) is 2. The molecule has 1 aromatic rings. The number of H-pyrrole nitrogens is 1. The zero-order chi connectivity index (χ0) is 15.1. The van der Waals surface area contributed by atoms with Crippen molar-refractivity contribution in [3.63, 3.8) is 0 Å². The molecule has 114 valence electrons. The van der Waals surface area contributed by atoms with Gasteiger partial charge in [0.1, 0.15) is 4.90 Å². The van der Waals surface area contributed by atoms with Crippen molar-refractivity contribution in [2.45, 2.75) is 18.7 Å². The summed E-state index contributed by atoms with van der Waals surface area (Å²) in [4.78, 5) is 0.154. The molecule has 0 unspecified atom stereocenters. The highest BCUT2D eigenvalue weighted by atomic mass is 32.2. The number of hydrogen-bond acceptors (Lipinski definition) is 5. The lowest BCUT2D eigenvalue weighted by Gasteiger charge is -2.32. The molecule has 0 saturated carbocycles. The van der Waals surface area contributed by atoms with Gasteiger partial charge in [-0.1, -0.05) is 0 Å². The average molecular weight is 323 g/mol. The van der Waals surface area contributed by atoms with E-state index in [1.807, 2.05) is 0 Å². The van der Waals surface area contributed by atoms with Crippen LogP contribution in [0.1, 0.15) is 11.4 Å². The van der Waals surface area contributed by atoms with Gasteiger partial charge in [-0.3, -0.25) is 5.10 Å². The van der Waals surface area contributed by atoms with Crippen molar-refractivity contribution in [3.05, 3.63) is 11.4 Å². The van der Waals surface area contributed by atoms with Gasteiger partial charge in [0.2, 0.25) is 10.0 Å². The van der Waals surface area contributed by atoms with E-state index in [0.717, 1.165) is 4.31 Å². The normalized spacial score (nSPS) is 19.4. The van der Waals surface area contributed by atoms with Crippen LogP contribution < -0.4 is 5.14 Å². The van der Waals surface area contributed by atoms with E-state index in [9.17, 15) is 16.8 Å². The Hall–Kier alpha value is -1.01. The Kier molecular flexibility index (Phi) is 3.90. The van der Waals surface area contributed by atoms with Gasteiger partial charge < -0.3 is 0 Å². The minimum Gasteiger partial charge on any atom is -0.281 e. The first kappa shape index (κ1) is 15.4. The van der Waals surface area contributed by atoms with Crippen LogP contribution in [-0.2, 0) is 20.2 Å². The molecule has 0 spiro atoms. The number of aryl methyl sites for hydroxylation is 2. The molecule has 0 radical (unpaired) electrons. The molecule has 20 heavy (non-hydrogen) atoms. The Morgan fingerprint density at radius 1 is 1.05 bits per heavy atom. The molecule has 3 N–H and O–H groups in total. The van der Waals surface area contributed by atoms with Crippen molar-refractivity contribution in [1.82, 2.24) is 18.8 Å². The summed E-state index contributed by atoms with van der Waals surface area (Å²) < 4.78 is 49.7. The summed E-state index contributed by atoms with van der Waals surface area (Å²) in [7, 11) is -7.44. The molecular weight excluding hydrogens is 306 g/mol. The summed E-state index contributed by atoms with van der Waals surface area (Å²) >= 11 is 0. The van der Waals surface area contributed by atoms with Crippen LogP contribution in [0.3, 0.4) is 0 Å². The van der Waals surface area contributed by atoms with Crippen LogP contribution in [-0.4, -0.2) is 61.8 Å². The fourth-order valence-electron chi connectivity index (χ4n) is 2.21. The minimum atomic E-state index is -3.77. The van der Waals surface area contributed by atoms with Gasteiger partial charge in [0.05, 0.1) is 11.4 Å². The molecule has 1 saturated heterocycles. The first-order valence-electron chi connectivity index (χ1n) is 5.93. The number of aromatic amines is 1. The molecule has 1 aliphatic heterocycles. The first-order valence-corrected chi connectivity index (χ1v) is 8.88. The van der Waals surface area contributed by atoms with E-state index in [-0.39, 0.29) is 31.1 Å². The number of nitrogens with two attached hydrogens (primary N) is 1. The molecule has 0 aliphatic carbocycles. The number of nitrogens with zero attached hydrogens (tertiary/aromatic N) is 3. The maximum Gasteiger partial charge on any atom is 0.276 e. The summed E-state index contributed by atoms with van der Waals surface area (Å²) in [5.41, 5.74) is 0.868. The Bertz CT molecular complexity index is 681. The predicted molar refractivity (Wildman–Crippen MR) is 71.5 cm³/mol. The van der Waals surface area contributed by atoms with E-state index in [0.29, 0.717) is 11.4 Å². The highest BCUT2D eigenvalue weighted by Gasteiger charge is 2.34. The molecule has 1 aromatic heterocycles. The van der Waals surface area contributed by atoms with Crippen LogP contribution in [0.4, 0.5) is 0 Å². The summed E-state index contributed by atoms with van der Waals surface area (Å²) in [6.07, 6.45) is 0. The standard InChI is InChI=1S/C9H17N5O4S2/c1-7-9(8(2)12-11-7)19(15,16)13-3-5-14(6-4-13)20(10,17)18/h3-6H2,1-2H3,(H,11,12)(H2,10,17,18). The van der Waals surface area contributed by atoms with Crippen molar-refractivity contribution in [1.29, 1.82) is 0 Å². The van der Waals surface area contributed by atoms with E-state index in [4.69, 9.17) is 5.14 Å². The average Bonchev–Trinajstić information content (AvgIpc) is 2.68. The number of aromatic nitrogens is 2. The van der Waals surface area contributed by atoms with Crippen LogP contribution in [0.15, 0.2) is 4.90 Å². The Labute approximate surface area is 118 Å². The van der Waals surface area contributed by atoms with Crippen LogP contribution in [0, 0.1) is 13.8 Å². The molecule has 0 bridgehead atoms. The molecule has 9 nitrogen and oxygen atoms in total. The number of rotatable bonds is 3. The van der Waals surface area contributed by atoms with Gasteiger partial charge in [-0.05, 0) is 13.8 Å². The fourth-order valence-corrected chi connectivity index (χ4v) is 4.64. The largest absolute Gasteiger partial charge is 0.281 e. The van der Waals surface area contributed by atoms with Crippen molar-refractivity contribution in [3.8, 4) is 0 Å². The molecule has 0 aromatic carbocycles. The molecule has 2 rings (SSSR count). The number of sulfonamides is 1. The lowest BCUT2D eigenvalue weighted by atomic mass is 10.4. The summed E-state index contributed by atoms with van der Waals surface area (Å²) in [6.45, 7) is 3.48. The lowest BCUT2D eigenvalue weighted by Crippen LogP contribution is -2.52. The molecule has 1 aliphatic rings. The summed E-state index contributed by atoms with van der Waals surface area (Å²) in [6, 6.07) is 0. The number of piperazine rings is 1. The zero-order valence-corrected chi connectivity index (χ0v) is 12.8. The maximum atomic E-state index is 12.5. The number of nitrogens with one attached hydrogen (secondary N) is 1. The zero-order valence-electron chi connectivity index (χ0n) is 11.2. The molecular formula is C9H17N5O4S2. The van der Waals surface area contributed by atoms with Crippen LogP contribution in [0.2, 0.25) is 0 Å². The Morgan fingerprint density at radius 2 is 1.55 bits per heavy atom. The minimum absolute atomic E-state index is 0.0496. The Balaban J connectivity index is 2.22. The van der Waals surface area contributed by atoms with E-state index in [1.165, 1.54) is 4.31 Å². The Morgan fingerprint density at radius 3 is 1.95 bits per heavy atom. The molecule has 11 heteroatoms. The van der Waals surface area contributed by atoms with E-state index < -0.39 is 20.2 Å². The molecule has 0 atom stereocenters. The van der Waals surface area contributed by atoms with Gasteiger partial charge in [-0.15, -0.1) is 0 Å². The van der Waals surface area contributed by atoms with Gasteiger partial charge in [-0.25, -0.2) is 13.6 Å². The second kappa shape index (κ2) is 5.07. The topological polar surface area (TPSA) is 129 Å². The SMILES string of the molecule is Cc1n[nH]c(C)c1S(=O)(=O)N1CCN(S(N)(=O)=O)CC1. The molecule has 2 heterocycles. The highest BCUT2D eigenvalue weighted by Crippen LogP contribution is 2.22. The van der Waals surface area contributed by atoms with E-state index in [2.05, 4.69) is 10.2 Å². The van der Waals surface area contributed by atoms with Crippen LogP contribution >= 0.6 is 0 Å². The summed E-state index contributed by atoms with van der Waals surface area (Å²) in [5, 5.41) is 11.5. The van der Waals surface area contributed by atoms with Crippen molar-refractivity contribution in [2.75, 3.05) is 26.2 Å². The van der Waals surface area contributed by atoms with Crippen molar-refractivity contribution >= 4 is 20.2 Å². The summed E-state index contributed by atoms with van der Waals surface area (Å²) in [5.74, 6) is 0. The second-order valence-electron chi connectivity index (χ2n) is 4.61. The highest BCUT2D eigenvalue weighted by molar-refractivity contribution is 7.89. The predicted octanol–water partition coefficient (Wildman–Crippen LogP) is -1.46. The third-order valence-electron chi connectivity index (χ3n) is 3.22. The van der Waals surface area contributed by atoms with Gasteiger partial charge in [0.15, 0.2) is 0 Å². The van der Waals surface area contributed by atoms with E-state index in [1.54, 1.807) is 13.8 Å². The van der Waals surface area contributed by atoms with Gasteiger partial charge in [0, 0.05) is 26.2 Å². The molecule has 0 amide bonds. The van der Waals surface area contributed by atoms with Gasteiger partial charge >= 0.3 is 0 Å². The third-order valence-corrected chi connectivity index (χ3v) is 6.46. The van der Waals surface area contributed by atoms with E-state index >= 15 is 0 Å². The van der Waals surface area contributed by atoms with Crippen molar-refractivity contribution in [2.24, 2.45) is 5.14 Å². The lowest BCUT2D eigenvalue weighted by molar-refractivity contribution is 0.273. The van der Waals surface area contributed by atoms with Gasteiger partial charge in [-0.2, -0.15) is 22.1 Å². The van der Waals surface area contributed by atoms with Crippen molar-refractivity contribution < 1.29 is 16.8 Å². The fraction of sp³-hybridized carbons (Fsp3) is 0.667. The second-order valence-corrected chi connectivity index (χ2v) is 8.03. The first-order chi connectivity index (χ1) is 9.14. The van der Waals surface area contributed by atoms with Gasteiger partial charge in [0.25, 0.3) is 10.2 Å².